The van der Waals surface area contributed by atoms with E-state index in [0.29, 0.717) is 11.6 Å². The van der Waals surface area contributed by atoms with E-state index in [0.717, 1.165) is 50.4 Å². The quantitative estimate of drug-likeness (QED) is 0.926. The summed E-state index contributed by atoms with van der Waals surface area (Å²) in [5.74, 6) is 3.10. The zero-order chi connectivity index (χ0) is 13.8. The van der Waals surface area contributed by atoms with Crippen LogP contribution in [0, 0.1) is 0 Å². The summed E-state index contributed by atoms with van der Waals surface area (Å²) in [6, 6.07) is 0.284. The Labute approximate surface area is 122 Å². The van der Waals surface area contributed by atoms with Crippen LogP contribution in [0.15, 0.2) is 10.7 Å². The molecule has 3 heterocycles. The second kappa shape index (κ2) is 6.63. The predicted octanol–water partition coefficient (Wildman–Crippen LogP) is 2.19. The number of oxazole rings is 1. The van der Waals surface area contributed by atoms with Crippen LogP contribution in [0.3, 0.4) is 0 Å². The number of ether oxygens (including phenoxy) is 1. The van der Waals surface area contributed by atoms with Gasteiger partial charge in [0.1, 0.15) is 6.26 Å². The molecule has 1 amide bonds. The summed E-state index contributed by atoms with van der Waals surface area (Å²) >= 11 is 1.95. The van der Waals surface area contributed by atoms with E-state index in [-0.39, 0.29) is 17.9 Å². The average Bonchev–Trinajstić information content (AvgIpc) is 2.99. The first-order chi connectivity index (χ1) is 9.83. The fourth-order valence-electron chi connectivity index (χ4n) is 2.63. The molecule has 1 aromatic rings. The number of hydrogen-bond donors (Lipinski definition) is 1. The van der Waals surface area contributed by atoms with Crippen LogP contribution >= 0.6 is 11.8 Å². The maximum atomic E-state index is 12.1. The van der Waals surface area contributed by atoms with Crippen LogP contribution in [0.25, 0.3) is 0 Å². The minimum absolute atomic E-state index is 0.107. The van der Waals surface area contributed by atoms with Gasteiger partial charge in [-0.1, -0.05) is 0 Å². The molecule has 0 atom stereocenters. The van der Waals surface area contributed by atoms with Crippen molar-refractivity contribution in [2.24, 2.45) is 0 Å². The predicted molar refractivity (Wildman–Crippen MR) is 77.1 cm³/mol. The molecule has 0 radical (unpaired) electrons. The highest BCUT2D eigenvalue weighted by atomic mass is 32.2. The van der Waals surface area contributed by atoms with E-state index < -0.39 is 0 Å². The van der Waals surface area contributed by atoms with E-state index in [1.54, 1.807) is 0 Å². The molecule has 2 aliphatic rings. The smallest absolute Gasteiger partial charge is 0.273 e. The second-order valence-electron chi connectivity index (χ2n) is 5.32. The van der Waals surface area contributed by atoms with Gasteiger partial charge >= 0.3 is 0 Å². The van der Waals surface area contributed by atoms with E-state index in [2.05, 4.69) is 10.3 Å². The van der Waals surface area contributed by atoms with Gasteiger partial charge in [-0.25, -0.2) is 4.98 Å². The Morgan fingerprint density at radius 2 is 2.00 bits per heavy atom. The third kappa shape index (κ3) is 3.35. The highest BCUT2D eigenvalue weighted by molar-refractivity contribution is 7.99. The van der Waals surface area contributed by atoms with Crippen molar-refractivity contribution in [2.75, 3.05) is 24.7 Å². The molecule has 0 bridgehead atoms. The zero-order valence-corrected chi connectivity index (χ0v) is 12.3. The van der Waals surface area contributed by atoms with Gasteiger partial charge in [-0.3, -0.25) is 4.79 Å². The summed E-state index contributed by atoms with van der Waals surface area (Å²) in [5, 5.41) is 3.05. The number of rotatable bonds is 3. The number of thioether (sulfide) groups is 1. The van der Waals surface area contributed by atoms with Crippen molar-refractivity contribution in [2.45, 2.75) is 37.6 Å². The largest absolute Gasteiger partial charge is 0.448 e. The molecule has 1 aromatic heterocycles. The van der Waals surface area contributed by atoms with Crippen molar-refractivity contribution in [3.63, 3.8) is 0 Å². The first-order valence-corrected chi connectivity index (χ1v) is 8.40. The van der Waals surface area contributed by atoms with Gasteiger partial charge in [0.05, 0.1) is 0 Å². The molecule has 0 saturated carbocycles. The van der Waals surface area contributed by atoms with Crippen molar-refractivity contribution in [3.8, 4) is 0 Å². The molecule has 2 aliphatic heterocycles. The molecule has 0 spiro atoms. The second-order valence-corrected chi connectivity index (χ2v) is 6.54. The van der Waals surface area contributed by atoms with E-state index >= 15 is 0 Å². The zero-order valence-electron chi connectivity index (χ0n) is 11.5. The molecule has 0 unspecified atom stereocenters. The van der Waals surface area contributed by atoms with Crippen LogP contribution in [0.1, 0.15) is 48.0 Å². The normalized spacial score (nSPS) is 21.8. The van der Waals surface area contributed by atoms with Crippen molar-refractivity contribution in [1.82, 2.24) is 10.3 Å². The molecule has 3 rings (SSSR count). The van der Waals surface area contributed by atoms with Crippen molar-refractivity contribution in [1.29, 1.82) is 0 Å². The van der Waals surface area contributed by atoms with E-state index in [1.165, 1.54) is 6.26 Å². The molecule has 2 fully saturated rings. The summed E-state index contributed by atoms with van der Waals surface area (Å²) in [5.41, 5.74) is 0.407. The fraction of sp³-hybridized carbons (Fsp3) is 0.714. The Bertz CT molecular complexity index is 451. The first-order valence-electron chi connectivity index (χ1n) is 7.24. The Morgan fingerprint density at radius 1 is 1.25 bits per heavy atom. The lowest BCUT2D eigenvalue weighted by Crippen LogP contribution is -2.37. The standard InChI is InChI=1S/C14H20N2O3S/c17-13(15-11-3-7-20-8-4-11)12-9-19-14(16-12)10-1-5-18-6-2-10/h9-11H,1-8H2,(H,15,17). The van der Waals surface area contributed by atoms with Gasteiger partial charge in [-0.2, -0.15) is 11.8 Å². The van der Waals surface area contributed by atoms with Crippen LogP contribution in [-0.4, -0.2) is 41.7 Å². The number of carbonyl (C=O) groups is 1. The van der Waals surface area contributed by atoms with Gasteiger partial charge in [-0.15, -0.1) is 0 Å². The summed E-state index contributed by atoms with van der Waals surface area (Å²) in [6.07, 6.45) is 5.41. The van der Waals surface area contributed by atoms with Crippen molar-refractivity contribution in [3.05, 3.63) is 17.8 Å². The lowest BCUT2D eigenvalue weighted by Gasteiger charge is -2.21. The molecular formula is C14H20N2O3S. The Kier molecular flexibility index (Phi) is 4.62. The molecular weight excluding hydrogens is 276 g/mol. The summed E-state index contributed by atoms with van der Waals surface area (Å²) < 4.78 is 10.8. The van der Waals surface area contributed by atoms with Crippen molar-refractivity contribution >= 4 is 17.7 Å². The highest BCUT2D eigenvalue weighted by Crippen LogP contribution is 2.26. The maximum Gasteiger partial charge on any atom is 0.273 e. The third-order valence-corrected chi connectivity index (χ3v) is 4.93. The molecule has 0 aromatic carbocycles. The van der Waals surface area contributed by atoms with Crippen molar-refractivity contribution < 1.29 is 13.9 Å². The van der Waals surface area contributed by atoms with E-state index in [9.17, 15) is 4.79 Å². The average molecular weight is 296 g/mol. The van der Waals surface area contributed by atoms with Crippen LogP contribution in [0.2, 0.25) is 0 Å². The highest BCUT2D eigenvalue weighted by Gasteiger charge is 2.23. The van der Waals surface area contributed by atoms with E-state index in [4.69, 9.17) is 9.15 Å². The number of carbonyl (C=O) groups excluding carboxylic acids is 1. The van der Waals surface area contributed by atoms with Crippen LogP contribution in [0.4, 0.5) is 0 Å². The topological polar surface area (TPSA) is 64.4 Å². The Balaban J connectivity index is 1.58. The number of nitrogens with zero attached hydrogens (tertiary/aromatic N) is 1. The molecule has 2 saturated heterocycles. The lowest BCUT2D eigenvalue weighted by molar-refractivity contribution is 0.0794. The molecule has 6 heteroatoms. The summed E-state index contributed by atoms with van der Waals surface area (Å²) in [7, 11) is 0. The molecule has 110 valence electrons. The number of amides is 1. The van der Waals surface area contributed by atoms with Crippen LogP contribution < -0.4 is 5.32 Å². The number of nitrogens with one attached hydrogen (secondary N) is 1. The maximum absolute atomic E-state index is 12.1. The number of aromatic nitrogens is 1. The number of hydrogen-bond acceptors (Lipinski definition) is 5. The van der Waals surface area contributed by atoms with E-state index in [1.807, 2.05) is 11.8 Å². The molecule has 20 heavy (non-hydrogen) atoms. The lowest BCUT2D eigenvalue weighted by atomic mass is 10.0. The van der Waals surface area contributed by atoms with Gasteiger partial charge in [0.15, 0.2) is 11.6 Å². The molecule has 1 N–H and O–H groups in total. The Morgan fingerprint density at radius 3 is 2.75 bits per heavy atom. The summed E-state index contributed by atoms with van der Waals surface area (Å²) in [4.78, 5) is 16.5. The third-order valence-electron chi connectivity index (χ3n) is 3.88. The van der Waals surface area contributed by atoms with Crippen LogP contribution in [-0.2, 0) is 4.74 Å². The Hall–Kier alpha value is -1.01. The monoisotopic (exact) mass is 296 g/mol. The van der Waals surface area contributed by atoms with Crippen LogP contribution in [0.5, 0.6) is 0 Å². The first kappa shape index (κ1) is 13.9. The van der Waals surface area contributed by atoms with Gasteiger partial charge in [-0.05, 0) is 37.2 Å². The minimum atomic E-state index is -0.107. The minimum Gasteiger partial charge on any atom is -0.448 e. The molecule has 0 aliphatic carbocycles. The summed E-state index contributed by atoms with van der Waals surface area (Å²) in [6.45, 7) is 1.49. The van der Waals surface area contributed by atoms with Gasteiger partial charge < -0.3 is 14.5 Å². The van der Waals surface area contributed by atoms with Gasteiger partial charge in [0.2, 0.25) is 0 Å². The SMILES string of the molecule is O=C(NC1CCSCC1)c1coc(C2CCOCC2)n1. The fourth-order valence-corrected chi connectivity index (χ4v) is 3.73. The van der Waals surface area contributed by atoms with Gasteiger partial charge in [0.25, 0.3) is 5.91 Å². The van der Waals surface area contributed by atoms with Gasteiger partial charge in [0, 0.05) is 25.2 Å². The molecule has 5 nitrogen and oxygen atoms in total.